The van der Waals surface area contributed by atoms with E-state index < -0.39 is 60.7 Å². The van der Waals surface area contributed by atoms with E-state index in [0.717, 1.165) is 0 Å². The lowest BCUT2D eigenvalue weighted by Gasteiger charge is -2.24. The highest BCUT2D eigenvalue weighted by Crippen LogP contribution is 2.47. The van der Waals surface area contributed by atoms with E-state index >= 15 is 0 Å². The monoisotopic (exact) mass is 467 g/mol. The van der Waals surface area contributed by atoms with E-state index in [9.17, 15) is 31.3 Å². The first-order chi connectivity index (χ1) is 14.5. The van der Waals surface area contributed by atoms with Crippen molar-refractivity contribution in [3.8, 4) is 11.5 Å². The maximum Gasteiger partial charge on any atom is 0.513 e. The average molecular weight is 467 g/mol. The van der Waals surface area contributed by atoms with Gasteiger partial charge in [-0.2, -0.15) is 13.9 Å². The third-order valence-corrected chi connectivity index (χ3v) is 5.52. The van der Waals surface area contributed by atoms with Gasteiger partial charge in [0.1, 0.15) is 11.8 Å². The Hall–Kier alpha value is -2.65. The third-order valence-electron chi connectivity index (χ3n) is 3.95. The number of carbonyl (C=O) groups excluding carboxylic acids is 1. The molecule has 0 unspecified atom stereocenters. The van der Waals surface area contributed by atoms with Crippen LogP contribution in [0.1, 0.15) is 27.2 Å². The Labute approximate surface area is 174 Å². The molecule has 0 aliphatic carbocycles. The lowest BCUT2D eigenvalue weighted by molar-refractivity contribution is -0.150. The Morgan fingerprint density at radius 2 is 1.45 bits per heavy atom. The van der Waals surface area contributed by atoms with Crippen molar-refractivity contribution in [2.24, 2.45) is 0 Å². The molecule has 1 N–H and O–H groups in total. The number of nitrogens with one attached hydrogen (secondary N) is 1. The van der Waals surface area contributed by atoms with Gasteiger partial charge in [-0.15, -0.1) is 0 Å². The van der Waals surface area contributed by atoms with Crippen LogP contribution in [-0.4, -0.2) is 18.1 Å². The highest BCUT2D eigenvalue weighted by molar-refractivity contribution is 7.52. The summed E-state index contributed by atoms with van der Waals surface area (Å²) in [5, 5.41) is 2.09. The zero-order valence-corrected chi connectivity index (χ0v) is 17.5. The van der Waals surface area contributed by atoms with Crippen LogP contribution < -0.4 is 14.1 Å². The van der Waals surface area contributed by atoms with Crippen molar-refractivity contribution in [3.63, 3.8) is 0 Å². The number of rotatable bonds is 9. The van der Waals surface area contributed by atoms with Crippen LogP contribution in [0.4, 0.5) is 22.0 Å². The summed E-state index contributed by atoms with van der Waals surface area (Å²) in [5.74, 6) is -14.6. The fraction of sp³-hybridized carbons (Fsp3) is 0.316. The Bertz CT molecular complexity index is 962. The topological polar surface area (TPSA) is 73.9 Å². The fourth-order valence-corrected chi connectivity index (χ4v) is 3.67. The molecule has 0 aliphatic rings. The molecule has 0 radical (unpaired) electrons. The summed E-state index contributed by atoms with van der Waals surface area (Å²) >= 11 is 0. The third kappa shape index (κ3) is 5.95. The van der Waals surface area contributed by atoms with Crippen LogP contribution in [0.5, 0.6) is 11.5 Å². The van der Waals surface area contributed by atoms with Gasteiger partial charge in [-0.25, -0.2) is 17.7 Å². The van der Waals surface area contributed by atoms with Gasteiger partial charge >= 0.3 is 13.7 Å². The summed E-state index contributed by atoms with van der Waals surface area (Å²) in [4.78, 5) is 12.1. The van der Waals surface area contributed by atoms with Crippen LogP contribution in [0, 0.1) is 29.1 Å². The second kappa shape index (κ2) is 10.1. The molecule has 2 aromatic carbocycles. The number of para-hydroxylation sites is 1. The second-order valence-electron chi connectivity index (χ2n) is 6.40. The van der Waals surface area contributed by atoms with Gasteiger partial charge in [0.15, 0.2) is 0 Å². The van der Waals surface area contributed by atoms with Gasteiger partial charge < -0.3 is 13.8 Å². The number of halogens is 5. The van der Waals surface area contributed by atoms with Gasteiger partial charge in [-0.1, -0.05) is 25.1 Å². The Morgan fingerprint density at radius 3 is 1.97 bits per heavy atom. The highest BCUT2D eigenvalue weighted by Gasteiger charge is 2.38. The van der Waals surface area contributed by atoms with Crippen molar-refractivity contribution in [1.29, 1.82) is 0 Å². The summed E-state index contributed by atoms with van der Waals surface area (Å²) < 4.78 is 96.4. The van der Waals surface area contributed by atoms with E-state index in [-0.39, 0.29) is 5.75 Å². The average Bonchev–Trinajstić information content (AvgIpc) is 2.74. The molecule has 12 heteroatoms. The zero-order chi connectivity index (χ0) is 23.3. The van der Waals surface area contributed by atoms with Crippen molar-refractivity contribution in [2.75, 3.05) is 0 Å². The minimum Gasteiger partial charge on any atom is -0.462 e. The predicted molar refractivity (Wildman–Crippen MR) is 100.0 cm³/mol. The van der Waals surface area contributed by atoms with E-state index in [2.05, 4.69) is 9.61 Å². The maximum absolute atomic E-state index is 14.0. The normalized spacial score (nSPS) is 15.0. The molecule has 0 saturated carbocycles. The number of benzene rings is 2. The van der Waals surface area contributed by atoms with E-state index in [1.54, 1.807) is 19.9 Å². The number of hydrogen-bond donors (Lipinski definition) is 1. The van der Waals surface area contributed by atoms with E-state index in [1.165, 1.54) is 31.2 Å². The van der Waals surface area contributed by atoms with Gasteiger partial charge in [0.2, 0.25) is 34.8 Å². The summed E-state index contributed by atoms with van der Waals surface area (Å²) in [6.45, 7) is 4.52. The second-order valence-corrected chi connectivity index (χ2v) is 8.02. The van der Waals surface area contributed by atoms with Crippen molar-refractivity contribution in [1.82, 2.24) is 5.09 Å². The molecule has 3 atom stereocenters. The van der Waals surface area contributed by atoms with Gasteiger partial charge in [-0.3, -0.25) is 4.79 Å². The fourth-order valence-electron chi connectivity index (χ4n) is 2.15. The first-order valence-corrected chi connectivity index (χ1v) is 10.6. The number of carbonyl (C=O) groups is 1. The summed E-state index contributed by atoms with van der Waals surface area (Å²) in [7, 11) is -4.92. The highest BCUT2D eigenvalue weighted by atomic mass is 31.2. The molecule has 0 saturated heterocycles. The van der Waals surface area contributed by atoms with E-state index in [1.807, 2.05) is 0 Å². The van der Waals surface area contributed by atoms with Gasteiger partial charge in [0.25, 0.3) is 0 Å². The molecule has 31 heavy (non-hydrogen) atoms. The minimum absolute atomic E-state index is 0.135. The Kier molecular flexibility index (Phi) is 8.02. The lowest BCUT2D eigenvalue weighted by atomic mass is 10.3. The van der Waals surface area contributed by atoms with E-state index in [0.29, 0.717) is 6.42 Å². The van der Waals surface area contributed by atoms with Gasteiger partial charge in [0, 0.05) is 0 Å². The lowest BCUT2D eigenvalue weighted by Crippen LogP contribution is -2.37. The minimum atomic E-state index is -4.92. The van der Waals surface area contributed by atoms with Crippen LogP contribution >= 0.6 is 7.75 Å². The Balaban J connectivity index is 2.42. The largest absolute Gasteiger partial charge is 0.513 e. The molecule has 0 fully saturated rings. The standard InChI is InChI=1S/C19H19F5NO5P/c1-4-10(2)28-19(26)11(3)25-31(27,29-12-8-6-5-7-9-12)30-18-16(23)14(21)13(20)15(22)17(18)24/h5-11H,4H2,1-3H3,(H,25,27)/t10-,11-,31-/m1/s1. The predicted octanol–water partition coefficient (Wildman–Crippen LogP) is 5.27. The number of esters is 1. The number of ether oxygens (including phenoxy) is 1. The molecule has 170 valence electrons. The molecule has 6 nitrogen and oxygen atoms in total. The van der Waals surface area contributed by atoms with Crippen molar-refractivity contribution in [2.45, 2.75) is 39.3 Å². The van der Waals surface area contributed by atoms with Crippen LogP contribution in [0.2, 0.25) is 0 Å². The van der Waals surface area contributed by atoms with E-state index in [4.69, 9.17) is 9.26 Å². The molecule has 2 rings (SSSR count). The molecule has 0 bridgehead atoms. The molecule has 0 amide bonds. The van der Waals surface area contributed by atoms with Crippen LogP contribution in [0.15, 0.2) is 30.3 Å². The summed E-state index contributed by atoms with van der Waals surface area (Å²) in [6, 6.07) is 5.67. The molecule has 0 aromatic heterocycles. The smallest absolute Gasteiger partial charge is 0.462 e. The molecule has 0 spiro atoms. The Morgan fingerprint density at radius 1 is 0.935 bits per heavy atom. The number of hydrogen-bond acceptors (Lipinski definition) is 5. The van der Waals surface area contributed by atoms with Crippen molar-refractivity contribution >= 4 is 13.7 Å². The SMILES string of the molecule is CC[C@@H](C)OC(=O)[C@@H](C)N[P@@](=O)(Oc1ccccc1)Oc1c(F)c(F)c(F)c(F)c1F. The maximum atomic E-state index is 14.0. The van der Waals surface area contributed by atoms with Crippen LogP contribution in [-0.2, 0) is 14.1 Å². The van der Waals surface area contributed by atoms with Crippen LogP contribution in [0.25, 0.3) is 0 Å². The van der Waals surface area contributed by atoms with Gasteiger partial charge in [-0.05, 0) is 32.4 Å². The summed E-state index contributed by atoms with van der Waals surface area (Å²) in [6.07, 6.45) is -0.0280. The molecule has 0 heterocycles. The molecular weight excluding hydrogens is 448 g/mol. The first-order valence-electron chi connectivity index (χ1n) is 9.03. The molecular formula is C19H19F5NO5P. The van der Waals surface area contributed by atoms with Crippen molar-refractivity contribution in [3.05, 3.63) is 59.4 Å². The zero-order valence-electron chi connectivity index (χ0n) is 16.6. The first kappa shape index (κ1) is 24.6. The quantitative estimate of drug-likeness (QED) is 0.178. The molecule has 0 aliphatic heterocycles. The van der Waals surface area contributed by atoms with Crippen molar-refractivity contribution < 1.29 is 45.1 Å². The van der Waals surface area contributed by atoms with Gasteiger partial charge in [0.05, 0.1) is 6.10 Å². The summed E-state index contributed by atoms with van der Waals surface area (Å²) in [5.41, 5.74) is 0. The van der Waals surface area contributed by atoms with Crippen LogP contribution in [0.3, 0.4) is 0 Å². The molecule has 2 aromatic rings.